The third-order valence-corrected chi connectivity index (χ3v) is 4.29. The van der Waals surface area contributed by atoms with Gasteiger partial charge in [-0.1, -0.05) is 6.07 Å². The van der Waals surface area contributed by atoms with E-state index in [1.54, 1.807) is 38.0 Å². The number of phenols is 1. The molecular formula is C19H23NO4S. The molecule has 25 heavy (non-hydrogen) atoms. The molecule has 5 nitrogen and oxygen atoms in total. The van der Waals surface area contributed by atoms with Gasteiger partial charge in [0.1, 0.15) is 17.2 Å². The van der Waals surface area contributed by atoms with Crippen molar-refractivity contribution in [3.63, 3.8) is 0 Å². The summed E-state index contributed by atoms with van der Waals surface area (Å²) in [7, 11) is 3.20. The lowest BCUT2D eigenvalue weighted by molar-refractivity contribution is 0.172. The normalized spacial score (nSPS) is 10.4. The van der Waals surface area contributed by atoms with Crippen molar-refractivity contribution in [3.05, 3.63) is 48.0 Å². The largest absolute Gasteiger partial charge is 0.508 e. The Morgan fingerprint density at radius 3 is 2.40 bits per heavy atom. The van der Waals surface area contributed by atoms with Crippen molar-refractivity contribution in [2.24, 2.45) is 0 Å². The molecule has 0 bridgehead atoms. The van der Waals surface area contributed by atoms with Crippen LogP contribution in [0, 0.1) is 0 Å². The van der Waals surface area contributed by atoms with Crippen LogP contribution in [0.25, 0.3) is 0 Å². The number of ether oxygens (including phenoxy) is 2. The van der Waals surface area contributed by atoms with Crippen LogP contribution >= 0.6 is 11.8 Å². The summed E-state index contributed by atoms with van der Waals surface area (Å²) in [6, 6.07) is 12.9. The van der Waals surface area contributed by atoms with E-state index in [4.69, 9.17) is 9.47 Å². The van der Waals surface area contributed by atoms with E-state index in [9.17, 15) is 9.90 Å². The van der Waals surface area contributed by atoms with Crippen LogP contribution in [0.4, 0.5) is 4.79 Å². The summed E-state index contributed by atoms with van der Waals surface area (Å²) in [4.78, 5) is 14.0. The first-order valence-corrected chi connectivity index (χ1v) is 9.20. The van der Waals surface area contributed by atoms with E-state index in [0.717, 1.165) is 17.7 Å². The number of phenolic OH excluding ortho intramolecular Hbond substituents is 1. The van der Waals surface area contributed by atoms with Crippen LogP contribution in [0.15, 0.2) is 47.4 Å². The number of aromatic hydroxyl groups is 1. The molecule has 6 heteroatoms. The predicted octanol–water partition coefficient (Wildman–Crippen LogP) is 4.19. The second kappa shape index (κ2) is 9.22. The van der Waals surface area contributed by atoms with Crippen molar-refractivity contribution in [1.82, 2.24) is 4.90 Å². The summed E-state index contributed by atoms with van der Waals surface area (Å²) >= 11 is 1.69. The first-order chi connectivity index (χ1) is 12.0. The molecule has 0 heterocycles. The van der Waals surface area contributed by atoms with Crippen LogP contribution < -0.4 is 9.47 Å². The molecule has 0 aliphatic rings. The number of carbonyl (C=O) groups excluding carboxylic acids is 1. The lowest BCUT2D eigenvalue weighted by atomic mass is 10.1. The Morgan fingerprint density at radius 2 is 1.80 bits per heavy atom. The fourth-order valence-corrected chi connectivity index (χ4v) is 2.54. The van der Waals surface area contributed by atoms with Crippen molar-refractivity contribution in [3.8, 4) is 17.2 Å². The quantitative estimate of drug-likeness (QED) is 0.592. The molecule has 0 atom stereocenters. The summed E-state index contributed by atoms with van der Waals surface area (Å²) in [5.74, 6) is 1.28. The summed E-state index contributed by atoms with van der Waals surface area (Å²) < 4.78 is 10.8. The van der Waals surface area contributed by atoms with Crippen LogP contribution in [-0.2, 0) is 6.42 Å². The fraction of sp³-hybridized carbons (Fsp3) is 0.316. The fourth-order valence-electron chi connectivity index (χ4n) is 2.14. The number of amides is 1. The Kier molecular flexibility index (Phi) is 7.01. The molecule has 0 fully saturated rings. The van der Waals surface area contributed by atoms with Crippen LogP contribution in [0.1, 0.15) is 12.0 Å². The molecule has 2 aromatic carbocycles. The molecule has 2 rings (SSSR count). The molecule has 2 aromatic rings. The van der Waals surface area contributed by atoms with Crippen molar-refractivity contribution in [2.75, 3.05) is 27.0 Å². The summed E-state index contributed by atoms with van der Waals surface area (Å²) in [5.41, 5.74) is 0.797. The van der Waals surface area contributed by atoms with Gasteiger partial charge in [-0.25, -0.2) is 4.79 Å². The average molecular weight is 361 g/mol. The molecule has 0 radical (unpaired) electrons. The van der Waals surface area contributed by atoms with Crippen molar-refractivity contribution < 1.29 is 19.4 Å². The number of hydrogen-bond donors (Lipinski definition) is 1. The zero-order valence-electron chi connectivity index (χ0n) is 14.7. The number of thioether (sulfide) groups is 1. The van der Waals surface area contributed by atoms with Crippen molar-refractivity contribution >= 4 is 17.9 Å². The molecule has 0 saturated carbocycles. The zero-order chi connectivity index (χ0) is 18.2. The number of hydrogen-bond acceptors (Lipinski definition) is 5. The van der Waals surface area contributed by atoms with E-state index < -0.39 is 6.09 Å². The maximum atomic E-state index is 11.5. The lowest BCUT2D eigenvalue weighted by Gasteiger charge is -2.12. The van der Waals surface area contributed by atoms with Gasteiger partial charge >= 0.3 is 6.09 Å². The molecule has 134 valence electrons. The third kappa shape index (κ3) is 5.90. The van der Waals surface area contributed by atoms with E-state index >= 15 is 0 Å². The Morgan fingerprint density at radius 1 is 1.12 bits per heavy atom. The van der Waals surface area contributed by atoms with Gasteiger partial charge in [0, 0.05) is 25.1 Å². The summed E-state index contributed by atoms with van der Waals surface area (Å²) in [5, 5.41) is 10.1. The average Bonchev–Trinajstić information content (AvgIpc) is 2.60. The zero-order valence-corrected chi connectivity index (χ0v) is 15.5. The van der Waals surface area contributed by atoms with Gasteiger partial charge < -0.3 is 19.5 Å². The van der Waals surface area contributed by atoms with Gasteiger partial charge in [0.25, 0.3) is 0 Å². The monoisotopic (exact) mass is 361 g/mol. The van der Waals surface area contributed by atoms with E-state index in [1.165, 1.54) is 15.9 Å². The Bertz CT molecular complexity index is 701. The standard InChI is InChI=1S/C19H23NO4S/c1-20(2)19(22)24-16-7-6-14(18(21)13-16)5-4-12-23-15-8-10-17(25-3)11-9-15/h6-11,13,21H,4-5,12H2,1-3H3. The Hall–Kier alpha value is -2.34. The topological polar surface area (TPSA) is 59.0 Å². The number of rotatable bonds is 7. The second-order valence-electron chi connectivity index (χ2n) is 5.68. The van der Waals surface area contributed by atoms with Crippen molar-refractivity contribution in [2.45, 2.75) is 17.7 Å². The highest BCUT2D eigenvalue weighted by Gasteiger charge is 2.09. The number of carbonyl (C=O) groups is 1. The number of aryl methyl sites for hydroxylation is 1. The Balaban J connectivity index is 1.81. The molecule has 0 aromatic heterocycles. The third-order valence-electron chi connectivity index (χ3n) is 3.55. The van der Waals surface area contributed by atoms with Gasteiger partial charge in [0.05, 0.1) is 6.61 Å². The number of nitrogens with zero attached hydrogens (tertiary/aromatic N) is 1. The maximum Gasteiger partial charge on any atom is 0.414 e. The summed E-state index contributed by atoms with van der Waals surface area (Å²) in [6.45, 7) is 0.565. The van der Waals surface area contributed by atoms with Crippen LogP contribution in [0.3, 0.4) is 0 Å². The first-order valence-electron chi connectivity index (χ1n) is 7.97. The smallest absolute Gasteiger partial charge is 0.414 e. The minimum Gasteiger partial charge on any atom is -0.508 e. The highest BCUT2D eigenvalue weighted by atomic mass is 32.2. The van der Waals surface area contributed by atoms with Gasteiger partial charge in [-0.05, 0) is 55.0 Å². The molecular weight excluding hydrogens is 338 g/mol. The highest BCUT2D eigenvalue weighted by molar-refractivity contribution is 7.98. The van der Waals surface area contributed by atoms with E-state index in [-0.39, 0.29) is 5.75 Å². The predicted molar refractivity (Wildman–Crippen MR) is 99.9 cm³/mol. The van der Waals surface area contributed by atoms with Gasteiger partial charge in [0.15, 0.2) is 0 Å². The van der Waals surface area contributed by atoms with E-state index in [2.05, 4.69) is 0 Å². The first kappa shape index (κ1) is 19.0. The van der Waals surface area contributed by atoms with E-state index in [1.807, 2.05) is 30.5 Å². The molecule has 1 N–H and O–H groups in total. The second-order valence-corrected chi connectivity index (χ2v) is 6.56. The molecule has 0 aliphatic carbocycles. The van der Waals surface area contributed by atoms with Crippen molar-refractivity contribution in [1.29, 1.82) is 0 Å². The molecule has 0 saturated heterocycles. The lowest BCUT2D eigenvalue weighted by Crippen LogP contribution is -2.25. The highest BCUT2D eigenvalue weighted by Crippen LogP contribution is 2.25. The van der Waals surface area contributed by atoms with Gasteiger partial charge in [-0.3, -0.25) is 0 Å². The van der Waals surface area contributed by atoms with Gasteiger partial charge in [-0.2, -0.15) is 0 Å². The van der Waals surface area contributed by atoms with Gasteiger partial charge in [0.2, 0.25) is 0 Å². The van der Waals surface area contributed by atoms with Gasteiger partial charge in [-0.15, -0.1) is 11.8 Å². The van der Waals surface area contributed by atoms with Crippen LogP contribution in [0.5, 0.6) is 17.2 Å². The number of benzene rings is 2. The summed E-state index contributed by atoms with van der Waals surface area (Å²) in [6.07, 6.45) is 3.01. The Labute approximate surface area is 152 Å². The molecule has 1 amide bonds. The molecule has 0 spiro atoms. The van der Waals surface area contributed by atoms with E-state index in [0.29, 0.717) is 18.8 Å². The minimum atomic E-state index is -0.479. The molecule has 0 unspecified atom stereocenters. The van der Waals surface area contributed by atoms with Crippen LogP contribution in [0.2, 0.25) is 0 Å². The SMILES string of the molecule is CSc1ccc(OCCCc2ccc(OC(=O)N(C)C)cc2O)cc1. The minimum absolute atomic E-state index is 0.119. The van der Waals surface area contributed by atoms with Crippen LogP contribution in [-0.4, -0.2) is 43.1 Å². The maximum absolute atomic E-state index is 11.5. The molecule has 0 aliphatic heterocycles.